The highest BCUT2D eigenvalue weighted by atomic mass is 16.4. The second-order valence-electron chi connectivity index (χ2n) is 5.04. The number of benzene rings is 1. The van der Waals surface area contributed by atoms with Crippen molar-refractivity contribution in [3.8, 4) is 0 Å². The van der Waals surface area contributed by atoms with E-state index in [1.807, 2.05) is 30.4 Å². The van der Waals surface area contributed by atoms with Crippen LogP contribution in [0.4, 0.5) is 5.69 Å². The van der Waals surface area contributed by atoms with Crippen LogP contribution in [-0.4, -0.2) is 23.5 Å². The van der Waals surface area contributed by atoms with Crippen molar-refractivity contribution in [2.45, 2.75) is 18.8 Å². The molecule has 0 fully saturated rings. The molecule has 0 spiro atoms. The van der Waals surface area contributed by atoms with Crippen LogP contribution in [0.3, 0.4) is 0 Å². The van der Waals surface area contributed by atoms with Gasteiger partial charge in [-0.05, 0) is 24.5 Å². The molecule has 1 aliphatic heterocycles. The lowest BCUT2D eigenvalue weighted by atomic mass is 10.0. The maximum absolute atomic E-state index is 12.5. The van der Waals surface area contributed by atoms with Gasteiger partial charge in [0.2, 0.25) is 5.91 Å². The van der Waals surface area contributed by atoms with E-state index in [9.17, 15) is 14.7 Å². The number of amides is 1. The van der Waals surface area contributed by atoms with Crippen molar-refractivity contribution in [3.05, 3.63) is 42.0 Å². The second-order valence-corrected chi connectivity index (χ2v) is 5.04. The summed E-state index contributed by atoms with van der Waals surface area (Å²) in [5, 5.41) is 9.27. The molecule has 4 nitrogen and oxygen atoms in total. The Balaban J connectivity index is 1.92. The third kappa shape index (κ3) is 1.93. The molecule has 19 heavy (non-hydrogen) atoms. The molecule has 0 bridgehead atoms. The fraction of sp³-hybridized carbons (Fsp3) is 0.333. The van der Waals surface area contributed by atoms with E-state index < -0.39 is 11.9 Å². The van der Waals surface area contributed by atoms with E-state index in [4.69, 9.17) is 0 Å². The maximum Gasteiger partial charge on any atom is 0.312 e. The van der Waals surface area contributed by atoms with Gasteiger partial charge in [0.05, 0.1) is 0 Å². The van der Waals surface area contributed by atoms with Gasteiger partial charge in [-0.1, -0.05) is 30.4 Å². The normalized spacial score (nSPS) is 21.7. The van der Waals surface area contributed by atoms with Crippen LogP contribution in [0.15, 0.2) is 36.4 Å². The van der Waals surface area contributed by atoms with Gasteiger partial charge >= 0.3 is 5.97 Å². The molecule has 3 rings (SSSR count). The third-order valence-electron chi connectivity index (χ3n) is 3.89. The largest absolute Gasteiger partial charge is 0.481 e. The average Bonchev–Trinajstić information content (AvgIpc) is 3.05. The molecule has 0 unspecified atom stereocenters. The Labute approximate surface area is 111 Å². The van der Waals surface area contributed by atoms with Crippen LogP contribution in [0.2, 0.25) is 0 Å². The number of carboxylic acid groups (broad SMARTS) is 1. The molecule has 0 radical (unpaired) electrons. The summed E-state index contributed by atoms with van der Waals surface area (Å²) < 4.78 is 0. The van der Waals surface area contributed by atoms with Gasteiger partial charge in [-0.3, -0.25) is 9.59 Å². The Bertz CT molecular complexity index is 556. The van der Waals surface area contributed by atoms with E-state index in [2.05, 4.69) is 0 Å². The van der Waals surface area contributed by atoms with Crippen LogP contribution in [0, 0.1) is 5.92 Å². The molecule has 98 valence electrons. The molecule has 0 saturated heterocycles. The quantitative estimate of drug-likeness (QED) is 0.826. The van der Waals surface area contributed by atoms with Crippen LogP contribution < -0.4 is 4.90 Å². The summed E-state index contributed by atoms with van der Waals surface area (Å²) in [6.07, 6.45) is 5.54. The van der Waals surface area contributed by atoms with Crippen molar-refractivity contribution in [2.24, 2.45) is 5.92 Å². The number of nitrogens with zero attached hydrogens (tertiary/aromatic N) is 1. The number of fused-ring (bicyclic) bond motifs is 1. The Kier molecular flexibility index (Phi) is 2.85. The van der Waals surface area contributed by atoms with E-state index in [1.165, 1.54) is 0 Å². The summed E-state index contributed by atoms with van der Waals surface area (Å²) in [4.78, 5) is 25.4. The van der Waals surface area contributed by atoms with Crippen molar-refractivity contribution >= 4 is 17.6 Å². The van der Waals surface area contributed by atoms with Gasteiger partial charge in [-0.25, -0.2) is 0 Å². The van der Waals surface area contributed by atoms with Crippen LogP contribution in [0.1, 0.15) is 24.3 Å². The van der Waals surface area contributed by atoms with E-state index in [0.717, 1.165) is 24.1 Å². The Morgan fingerprint density at radius 2 is 1.84 bits per heavy atom. The molecule has 0 aromatic heterocycles. The Morgan fingerprint density at radius 1 is 1.16 bits per heavy atom. The first-order chi connectivity index (χ1) is 9.18. The minimum atomic E-state index is -0.868. The van der Waals surface area contributed by atoms with Gasteiger partial charge in [0.25, 0.3) is 0 Å². The van der Waals surface area contributed by atoms with Gasteiger partial charge in [0.15, 0.2) is 0 Å². The molecule has 1 aromatic rings. The molecule has 1 aromatic carbocycles. The minimum absolute atomic E-state index is 0.0272. The zero-order valence-electron chi connectivity index (χ0n) is 10.5. The van der Waals surface area contributed by atoms with Crippen molar-refractivity contribution in [1.82, 2.24) is 0 Å². The second kappa shape index (κ2) is 4.53. The number of carboxylic acids is 1. The number of carbonyl (C=O) groups is 2. The molecule has 0 saturated carbocycles. The monoisotopic (exact) mass is 257 g/mol. The number of hydrogen-bond acceptors (Lipinski definition) is 2. The first-order valence-corrected chi connectivity index (χ1v) is 6.46. The topological polar surface area (TPSA) is 57.6 Å². The summed E-state index contributed by atoms with van der Waals surface area (Å²) in [6.45, 7) is 0.254. The molecule has 2 aliphatic rings. The zero-order valence-corrected chi connectivity index (χ0v) is 10.5. The van der Waals surface area contributed by atoms with Gasteiger partial charge < -0.3 is 10.0 Å². The lowest BCUT2D eigenvalue weighted by Gasteiger charge is -2.21. The smallest absolute Gasteiger partial charge is 0.312 e. The third-order valence-corrected chi connectivity index (χ3v) is 3.89. The van der Waals surface area contributed by atoms with Crippen LogP contribution in [0.5, 0.6) is 0 Å². The average molecular weight is 257 g/mol. The first kappa shape index (κ1) is 12.0. The van der Waals surface area contributed by atoms with Crippen molar-refractivity contribution < 1.29 is 14.7 Å². The molecule has 1 amide bonds. The van der Waals surface area contributed by atoms with Crippen molar-refractivity contribution in [1.29, 1.82) is 0 Å². The van der Waals surface area contributed by atoms with Crippen LogP contribution in [-0.2, 0) is 9.59 Å². The molecule has 1 atom stereocenters. The van der Waals surface area contributed by atoms with Gasteiger partial charge in [0.1, 0.15) is 5.92 Å². The highest BCUT2D eigenvalue weighted by molar-refractivity contribution is 6.00. The fourth-order valence-electron chi connectivity index (χ4n) is 2.87. The van der Waals surface area contributed by atoms with E-state index in [1.54, 1.807) is 11.0 Å². The number of rotatable bonds is 2. The molecule has 4 heteroatoms. The van der Waals surface area contributed by atoms with E-state index in [-0.39, 0.29) is 18.4 Å². The predicted octanol–water partition coefficient (Wildman–Crippen LogP) is 2.17. The Hall–Kier alpha value is -2.10. The van der Waals surface area contributed by atoms with Gasteiger partial charge in [-0.2, -0.15) is 0 Å². The number of para-hydroxylation sites is 1. The summed E-state index contributed by atoms with van der Waals surface area (Å²) in [6, 6.07) is 7.29. The SMILES string of the molecule is O=C(O)[C@@H]1CN(C(=O)C2CC=CC2)c2ccccc21. The minimum Gasteiger partial charge on any atom is -0.481 e. The first-order valence-electron chi connectivity index (χ1n) is 6.46. The summed E-state index contributed by atoms with van der Waals surface area (Å²) in [5.74, 6) is -1.45. The van der Waals surface area contributed by atoms with E-state index in [0.29, 0.717) is 0 Å². The molecular weight excluding hydrogens is 242 g/mol. The lowest BCUT2D eigenvalue weighted by molar-refractivity contribution is -0.138. The lowest BCUT2D eigenvalue weighted by Crippen LogP contribution is -2.35. The molecule has 1 heterocycles. The van der Waals surface area contributed by atoms with Gasteiger partial charge in [-0.15, -0.1) is 0 Å². The standard InChI is InChI=1S/C15H15NO3/c17-14(10-5-1-2-6-10)16-9-12(15(18)19)11-7-3-4-8-13(11)16/h1-4,7-8,10,12H,5-6,9H2,(H,18,19)/t12-/m1/s1. The molecular formula is C15H15NO3. The van der Waals surface area contributed by atoms with E-state index >= 15 is 0 Å². The van der Waals surface area contributed by atoms with Crippen molar-refractivity contribution in [3.63, 3.8) is 0 Å². The van der Waals surface area contributed by atoms with Gasteiger partial charge in [0, 0.05) is 18.2 Å². The number of carbonyl (C=O) groups excluding carboxylic acids is 1. The molecule has 1 N–H and O–H groups in total. The zero-order chi connectivity index (χ0) is 13.4. The predicted molar refractivity (Wildman–Crippen MR) is 71.0 cm³/mol. The number of aliphatic carboxylic acids is 1. The number of anilines is 1. The number of allylic oxidation sites excluding steroid dienone is 2. The number of hydrogen-bond donors (Lipinski definition) is 1. The maximum atomic E-state index is 12.5. The Morgan fingerprint density at radius 3 is 2.53 bits per heavy atom. The summed E-state index contributed by atoms with van der Waals surface area (Å²) in [5.41, 5.74) is 1.50. The van der Waals surface area contributed by atoms with Crippen LogP contribution >= 0.6 is 0 Å². The molecule has 1 aliphatic carbocycles. The van der Waals surface area contributed by atoms with Crippen molar-refractivity contribution in [2.75, 3.05) is 11.4 Å². The highest BCUT2D eigenvalue weighted by Crippen LogP contribution is 2.38. The summed E-state index contributed by atoms with van der Waals surface area (Å²) >= 11 is 0. The highest BCUT2D eigenvalue weighted by Gasteiger charge is 2.38. The summed E-state index contributed by atoms with van der Waals surface area (Å²) in [7, 11) is 0. The van der Waals surface area contributed by atoms with Crippen LogP contribution in [0.25, 0.3) is 0 Å². The fourth-order valence-corrected chi connectivity index (χ4v) is 2.87.